The van der Waals surface area contributed by atoms with Gasteiger partial charge in [0.1, 0.15) is 0 Å². The van der Waals surface area contributed by atoms with Gasteiger partial charge in [-0.05, 0) is 42.5 Å². The first-order chi connectivity index (χ1) is 12.1. The maximum Gasteiger partial charge on any atom is 0.416 e. The molecule has 0 aromatic heterocycles. The fourth-order valence-corrected chi connectivity index (χ4v) is 2.95. The Labute approximate surface area is 148 Å². The van der Waals surface area contributed by atoms with Gasteiger partial charge < -0.3 is 5.32 Å². The van der Waals surface area contributed by atoms with Gasteiger partial charge in [0.05, 0.1) is 17.0 Å². The quantitative estimate of drug-likeness (QED) is 0.781. The molecule has 0 aliphatic heterocycles. The molecule has 0 radical (unpaired) electrons. The Morgan fingerprint density at radius 3 is 2.35 bits per heavy atom. The van der Waals surface area contributed by atoms with Crippen LogP contribution in [0.25, 0.3) is 0 Å². The Bertz CT molecular complexity index is 946. The Morgan fingerprint density at radius 1 is 1.12 bits per heavy atom. The lowest BCUT2D eigenvalue weighted by Gasteiger charge is -2.10. The van der Waals surface area contributed by atoms with Crippen molar-refractivity contribution in [1.82, 2.24) is 4.72 Å². The monoisotopic (exact) mass is 382 g/mol. The summed E-state index contributed by atoms with van der Waals surface area (Å²) in [6.07, 6.45) is 0.528. The summed E-state index contributed by atoms with van der Waals surface area (Å²) in [6, 6.07) is 9.05. The van der Waals surface area contributed by atoms with Crippen LogP contribution in [0.5, 0.6) is 0 Å². The number of alkyl halides is 3. The molecule has 0 spiro atoms. The van der Waals surface area contributed by atoms with Gasteiger partial charge in [-0.2, -0.15) is 17.9 Å². The number of rotatable bonds is 5. The Kier molecular flexibility index (Phi) is 5.69. The molecule has 2 aromatic rings. The smallest absolute Gasteiger partial charge is 0.322 e. The van der Waals surface area contributed by atoms with Crippen LogP contribution in [-0.2, 0) is 16.2 Å². The number of amides is 1. The minimum absolute atomic E-state index is 0.0217. The molecule has 2 N–H and O–H groups in total. The highest BCUT2D eigenvalue weighted by Crippen LogP contribution is 2.29. The second kappa shape index (κ2) is 7.59. The van der Waals surface area contributed by atoms with Crippen LogP contribution in [-0.4, -0.2) is 20.9 Å². The van der Waals surface area contributed by atoms with Crippen molar-refractivity contribution in [2.45, 2.75) is 11.1 Å². The summed E-state index contributed by atoms with van der Waals surface area (Å²) in [5.41, 5.74) is -0.682. The number of anilines is 1. The van der Waals surface area contributed by atoms with E-state index in [4.69, 9.17) is 6.42 Å². The molecule has 5 nitrogen and oxygen atoms in total. The first kappa shape index (κ1) is 19.5. The molecule has 0 aliphatic rings. The van der Waals surface area contributed by atoms with Crippen molar-refractivity contribution in [3.8, 4) is 12.3 Å². The van der Waals surface area contributed by atoms with Gasteiger partial charge in [-0.25, -0.2) is 8.42 Å². The van der Waals surface area contributed by atoms with E-state index in [9.17, 15) is 26.4 Å². The summed E-state index contributed by atoms with van der Waals surface area (Å²) in [4.78, 5) is 12.0. The lowest BCUT2D eigenvalue weighted by atomic mass is 10.2. The van der Waals surface area contributed by atoms with Crippen LogP contribution in [0.15, 0.2) is 53.4 Å². The van der Waals surface area contributed by atoms with Crippen molar-refractivity contribution >= 4 is 21.6 Å². The van der Waals surface area contributed by atoms with Crippen molar-refractivity contribution in [3.05, 3.63) is 59.7 Å². The molecule has 9 heteroatoms. The molecule has 0 saturated heterocycles. The summed E-state index contributed by atoms with van der Waals surface area (Å²) < 4.78 is 63.8. The first-order valence-electron chi connectivity index (χ1n) is 7.15. The maximum absolute atomic E-state index is 12.5. The third-order valence-corrected chi connectivity index (χ3v) is 4.64. The van der Waals surface area contributed by atoms with Gasteiger partial charge >= 0.3 is 6.18 Å². The van der Waals surface area contributed by atoms with Crippen molar-refractivity contribution in [2.24, 2.45) is 0 Å². The highest BCUT2D eigenvalue weighted by molar-refractivity contribution is 7.89. The zero-order valence-corrected chi connectivity index (χ0v) is 14.0. The predicted molar refractivity (Wildman–Crippen MR) is 89.9 cm³/mol. The molecule has 0 fully saturated rings. The number of halogens is 3. The van der Waals surface area contributed by atoms with E-state index in [1.807, 2.05) is 0 Å². The Balaban J connectivity index is 2.18. The third kappa shape index (κ3) is 4.84. The minimum atomic E-state index is -4.48. The zero-order chi connectivity index (χ0) is 19.4. The molecule has 0 bridgehead atoms. The molecule has 0 heterocycles. The summed E-state index contributed by atoms with van der Waals surface area (Å²) in [7, 11) is -3.87. The second-order valence-electron chi connectivity index (χ2n) is 5.09. The second-order valence-corrected chi connectivity index (χ2v) is 6.85. The van der Waals surface area contributed by atoms with Crippen molar-refractivity contribution in [3.63, 3.8) is 0 Å². The van der Waals surface area contributed by atoms with E-state index < -0.39 is 27.7 Å². The van der Waals surface area contributed by atoms with Crippen LogP contribution >= 0.6 is 0 Å². The third-order valence-electron chi connectivity index (χ3n) is 3.24. The van der Waals surface area contributed by atoms with Crippen LogP contribution in [0.2, 0.25) is 0 Å². The van der Waals surface area contributed by atoms with E-state index in [0.29, 0.717) is 0 Å². The topological polar surface area (TPSA) is 75.3 Å². The van der Waals surface area contributed by atoms with Gasteiger partial charge in [0.25, 0.3) is 5.91 Å². The van der Waals surface area contributed by atoms with Crippen LogP contribution in [0.1, 0.15) is 15.9 Å². The first-order valence-corrected chi connectivity index (χ1v) is 8.63. The van der Waals surface area contributed by atoms with Crippen LogP contribution < -0.4 is 10.0 Å². The average Bonchev–Trinajstić information content (AvgIpc) is 2.60. The van der Waals surface area contributed by atoms with Gasteiger partial charge in [-0.1, -0.05) is 12.0 Å². The van der Waals surface area contributed by atoms with Gasteiger partial charge in [-0.15, -0.1) is 6.42 Å². The number of benzene rings is 2. The molecule has 0 unspecified atom stereocenters. The maximum atomic E-state index is 12.5. The number of carbonyl (C=O) groups is 1. The van der Waals surface area contributed by atoms with E-state index in [-0.39, 0.29) is 22.7 Å². The lowest BCUT2D eigenvalue weighted by molar-refractivity contribution is -0.137. The molecule has 0 atom stereocenters. The molecule has 2 aromatic carbocycles. The summed E-state index contributed by atoms with van der Waals surface area (Å²) in [5, 5.41) is 2.40. The average molecular weight is 382 g/mol. The molecule has 1 amide bonds. The normalized spacial score (nSPS) is 11.6. The number of sulfonamides is 1. The number of terminal acetylenes is 1. The van der Waals surface area contributed by atoms with Gasteiger partial charge in [-0.3, -0.25) is 4.79 Å². The summed E-state index contributed by atoms with van der Waals surface area (Å²) in [5.74, 6) is 1.46. The van der Waals surface area contributed by atoms with E-state index in [0.717, 1.165) is 30.3 Å². The van der Waals surface area contributed by atoms with E-state index in [1.54, 1.807) is 0 Å². The predicted octanol–water partition coefficient (Wildman–Crippen LogP) is 2.87. The van der Waals surface area contributed by atoms with Gasteiger partial charge in [0, 0.05) is 11.3 Å². The fraction of sp³-hybridized carbons (Fsp3) is 0.118. The fourth-order valence-electron chi connectivity index (χ4n) is 1.97. The van der Waals surface area contributed by atoms with Crippen LogP contribution in [0.3, 0.4) is 0 Å². The lowest BCUT2D eigenvalue weighted by Crippen LogP contribution is -2.24. The van der Waals surface area contributed by atoms with Crippen molar-refractivity contribution in [1.29, 1.82) is 0 Å². The van der Waals surface area contributed by atoms with Gasteiger partial charge in [0.15, 0.2) is 0 Å². The number of carbonyl (C=O) groups excluding carboxylic acids is 1. The van der Waals surface area contributed by atoms with Crippen molar-refractivity contribution in [2.75, 3.05) is 11.9 Å². The molecule has 26 heavy (non-hydrogen) atoms. The van der Waals surface area contributed by atoms with E-state index >= 15 is 0 Å². The van der Waals surface area contributed by atoms with E-state index in [1.165, 1.54) is 18.2 Å². The van der Waals surface area contributed by atoms with Crippen LogP contribution in [0, 0.1) is 12.3 Å². The zero-order valence-electron chi connectivity index (χ0n) is 13.2. The highest BCUT2D eigenvalue weighted by Gasteiger charge is 2.30. The number of hydrogen-bond acceptors (Lipinski definition) is 3. The molecule has 2 rings (SSSR count). The van der Waals surface area contributed by atoms with Gasteiger partial charge in [0.2, 0.25) is 10.0 Å². The molecule has 0 saturated carbocycles. The highest BCUT2D eigenvalue weighted by atomic mass is 32.2. The number of nitrogens with one attached hydrogen (secondary N) is 2. The summed E-state index contributed by atoms with van der Waals surface area (Å²) >= 11 is 0. The molecule has 136 valence electrons. The SMILES string of the molecule is C#CCNS(=O)(=O)c1cccc(C(=O)Nc2ccc(C(F)(F)F)cc2)c1. The summed E-state index contributed by atoms with van der Waals surface area (Å²) in [6.45, 7) is -0.204. The molecular weight excluding hydrogens is 369 g/mol. The van der Waals surface area contributed by atoms with Crippen molar-refractivity contribution < 1.29 is 26.4 Å². The minimum Gasteiger partial charge on any atom is -0.322 e. The van der Waals surface area contributed by atoms with Crippen LogP contribution in [0.4, 0.5) is 18.9 Å². The molecule has 0 aliphatic carbocycles. The Morgan fingerprint density at radius 2 is 1.77 bits per heavy atom. The largest absolute Gasteiger partial charge is 0.416 e. The van der Waals surface area contributed by atoms with E-state index in [2.05, 4.69) is 16.0 Å². The standard InChI is InChI=1S/C17H13F3N2O3S/c1-2-10-21-26(24,25)15-5-3-4-12(11-15)16(23)22-14-8-6-13(7-9-14)17(18,19)20/h1,3-9,11,21H,10H2,(H,22,23). The Hall–Kier alpha value is -2.83. The molecular formula is C17H13F3N2O3S. The number of hydrogen-bond donors (Lipinski definition) is 2.